The minimum atomic E-state index is -4.15. The molecule has 2 aromatic carbocycles. The second-order valence-electron chi connectivity index (χ2n) is 4.06. The van der Waals surface area contributed by atoms with E-state index in [4.69, 9.17) is 11.0 Å². The van der Waals surface area contributed by atoms with Crippen LogP contribution in [0.1, 0.15) is 5.56 Å². The first-order chi connectivity index (χ1) is 9.85. The Kier molecular flexibility index (Phi) is 3.78. The van der Waals surface area contributed by atoms with Crippen molar-refractivity contribution in [2.75, 3.05) is 10.5 Å². The fourth-order valence-corrected chi connectivity index (χ4v) is 2.83. The molecule has 2 aromatic rings. The number of hydrogen-bond donors (Lipinski definition) is 2. The van der Waals surface area contributed by atoms with Gasteiger partial charge in [-0.05, 0) is 30.3 Å². The first-order valence-corrected chi connectivity index (χ1v) is 7.10. The van der Waals surface area contributed by atoms with E-state index in [0.29, 0.717) is 0 Å². The molecular formula is C13H9F2N3O2S. The highest BCUT2D eigenvalue weighted by Crippen LogP contribution is 2.24. The summed E-state index contributed by atoms with van der Waals surface area (Å²) in [6.07, 6.45) is 0. The van der Waals surface area contributed by atoms with Gasteiger partial charge in [-0.3, -0.25) is 4.72 Å². The van der Waals surface area contributed by atoms with Gasteiger partial charge in [-0.2, -0.15) is 5.26 Å². The second kappa shape index (κ2) is 5.38. The number of rotatable bonds is 3. The largest absolute Gasteiger partial charge is 0.395 e. The number of halogens is 2. The minimum Gasteiger partial charge on any atom is -0.395 e. The van der Waals surface area contributed by atoms with E-state index in [1.165, 1.54) is 6.07 Å². The van der Waals surface area contributed by atoms with Crippen LogP contribution in [0.3, 0.4) is 0 Å². The third-order valence-corrected chi connectivity index (χ3v) is 4.08. The summed E-state index contributed by atoms with van der Waals surface area (Å²) in [4.78, 5) is -0.440. The van der Waals surface area contributed by atoms with Gasteiger partial charge in [0.1, 0.15) is 22.6 Å². The molecule has 0 aliphatic heterocycles. The Morgan fingerprint density at radius 2 is 1.86 bits per heavy atom. The SMILES string of the molecule is N#Cc1cc(NS(=O)(=O)c2cccc(F)c2N)ccc1F. The number of nitrogens with one attached hydrogen (secondary N) is 1. The van der Waals surface area contributed by atoms with Crippen molar-refractivity contribution in [2.24, 2.45) is 0 Å². The van der Waals surface area contributed by atoms with Crippen LogP contribution in [0.2, 0.25) is 0 Å². The zero-order chi connectivity index (χ0) is 15.6. The Morgan fingerprint density at radius 3 is 2.52 bits per heavy atom. The Morgan fingerprint density at radius 1 is 1.14 bits per heavy atom. The molecule has 0 unspecified atom stereocenters. The zero-order valence-electron chi connectivity index (χ0n) is 10.5. The molecule has 0 spiro atoms. The maximum atomic E-state index is 13.3. The van der Waals surface area contributed by atoms with Gasteiger partial charge in [0.2, 0.25) is 0 Å². The molecule has 0 fully saturated rings. The summed E-state index contributed by atoms with van der Waals surface area (Å²) in [5.74, 6) is -1.64. The lowest BCUT2D eigenvalue weighted by molar-refractivity contribution is 0.597. The van der Waals surface area contributed by atoms with Gasteiger partial charge in [0.25, 0.3) is 10.0 Å². The van der Waals surface area contributed by atoms with Crippen LogP contribution in [0.5, 0.6) is 0 Å². The standard InChI is InChI=1S/C13H9F2N3O2S/c14-10-5-4-9(6-8(10)7-16)18-21(19,20)12-3-1-2-11(15)13(12)17/h1-6,18H,17H2. The summed E-state index contributed by atoms with van der Waals surface area (Å²) in [7, 11) is -4.15. The number of hydrogen-bond acceptors (Lipinski definition) is 4. The van der Waals surface area contributed by atoms with Crippen molar-refractivity contribution in [2.45, 2.75) is 4.90 Å². The van der Waals surface area contributed by atoms with Gasteiger partial charge in [0.15, 0.2) is 0 Å². The maximum absolute atomic E-state index is 13.3. The summed E-state index contributed by atoms with van der Waals surface area (Å²) in [5.41, 5.74) is 4.53. The van der Waals surface area contributed by atoms with E-state index in [0.717, 1.165) is 30.3 Å². The molecule has 2 rings (SSSR count). The number of benzene rings is 2. The summed E-state index contributed by atoms with van der Waals surface area (Å²) in [5, 5.41) is 8.70. The lowest BCUT2D eigenvalue weighted by Gasteiger charge is -2.10. The molecular weight excluding hydrogens is 300 g/mol. The molecule has 0 atom stereocenters. The Labute approximate surface area is 119 Å². The molecule has 0 radical (unpaired) electrons. The molecule has 8 heteroatoms. The number of anilines is 2. The number of sulfonamides is 1. The molecule has 0 aromatic heterocycles. The number of nitrogen functional groups attached to an aromatic ring is 1. The van der Waals surface area contributed by atoms with Crippen molar-refractivity contribution in [1.29, 1.82) is 5.26 Å². The van der Waals surface area contributed by atoms with Crippen LogP contribution in [-0.4, -0.2) is 8.42 Å². The van der Waals surface area contributed by atoms with E-state index >= 15 is 0 Å². The van der Waals surface area contributed by atoms with Gasteiger partial charge < -0.3 is 5.73 Å². The average molecular weight is 309 g/mol. The topological polar surface area (TPSA) is 96.0 Å². The predicted molar refractivity (Wildman–Crippen MR) is 72.7 cm³/mol. The van der Waals surface area contributed by atoms with Crippen LogP contribution in [0.15, 0.2) is 41.3 Å². The van der Waals surface area contributed by atoms with Crippen molar-refractivity contribution in [3.8, 4) is 6.07 Å². The van der Waals surface area contributed by atoms with Gasteiger partial charge >= 0.3 is 0 Å². The fraction of sp³-hybridized carbons (Fsp3) is 0. The normalized spacial score (nSPS) is 10.9. The number of nitrogens with zero attached hydrogens (tertiary/aromatic N) is 1. The summed E-state index contributed by atoms with van der Waals surface area (Å²) in [6.45, 7) is 0. The molecule has 5 nitrogen and oxygen atoms in total. The summed E-state index contributed by atoms with van der Waals surface area (Å²) < 4.78 is 52.8. The third kappa shape index (κ3) is 2.93. The molecule has 0 saturated carbocycles. The number of nitrogens with two attached hydrogens (primary N) is 1. The van der Waals surface area contributed by atoms with Crippen molar-refractivity contribution in [3.63, 3.8) is 0 Å². The number of nitriles is 1. The van der Waals surface area contributed by atoms with Crippen LogP contribution in [-0.2, 0) is 10.0 Å². The smallest absolute Gasteiger partial charge is 0.264 e. The Bertz CT molecular complexity index is 845. The van der Waals surface area contributed by atoms with Gasteiger partial charge in [-0.1, -0.05) is 6.07 Å². The monoisotopic (exact) mass is 309 g/mol. The van der Waals surface area contributed by atoms with Crippen LogP contribution in [0, 0.1) is 23.0 Å². The molecule has 0 saturated heterocycles. The van der Waals surface area contributed by atoms with Gasteiger partial charge in [0, 0.05) is 0 Å². The first kappa shape index (κ1) is 14.7. The molecule has 21 heavy (non-hydrogen) atoms. The van der Waals surface area contributed by atoms with Crippen molar-refractivity contribution >= 4 is 21.4 Å². The quantitative estimate of drug-likeness (QED) is 0.850. The van der Waals surface area contributed by atoms with E-state index < -0.39 is 32.2 Å². The summed E-state index contributed by atoms with van der Waals surface area (Å²) in [6, 6.07) is 8.07. The van der Waals surface area contributed by atoms with E-state index in [1.807, 2.05) is 0 Å². The molecule has 0 aliphatic rings. The van der Waals surface area contributed by atoms with E-state index in [2.05, 4.69) is 4.72 Å². The Hall–Kier alpha value is -2.66. The highest BCUT2D eigenvalue weighted by molar-refractivity contribution is 7.92. The highest BCUT2D eigenvalue weighted by Gasteiger charge is 2.20. The molecule has 108 valence electrons. The lowest BCUT2D eigenvalue weighted by atomic mass is 10.2. The molecule has 3 N–H and O–H groups in total. The van der Waals surface area contributed by atoms with E-state index in [-0.39, 0.29) is 11.3 Å². The van der Waals surface area contributed by atoms with Crippen LogP contribution >= 0.6 is 0 Å². The van der Waals surface area contributed by atoms with Crippen molar-refractivity contribution in [3.05, 3.63) is 53.6 Å². The van der Waals surface area contributed by atoms with Gasteiger partial charge in [0.05, 0.1) is 16.9 Å². The fourth-order valence-electron chi connectivity index (χ4n) is 1.64. The highest BCUT2D eigenvalue weighted by atomic mass is 32.2. The molecule has 0 heterocycles. The van der Waals surface area contributed by atoms with E-state index in [9.17, 15) is 17.2 Å². The van der Waals surface area contributed by atoms with Gasteiger partial charge in [-0.15, -0.1) is 0 Å². The number of para-hydroxylation sites is 1. The van der Waals surface area contributed by atoms with Crippen molar-refractivity contribution in [1.82, 2.24) is 0 Å². The van der Waals surface area contributed by atoms with Gasteiger partial charge in [-0.25, -0.2) is 17.2 Å². The van der Waals surface area contributed by atoms with Crippen molar-refractivity contribution < 1.29 is 17.2 Å². The predicted octanol–water partition coefficient (Wildman–Crippen LogP) is 2.22. The maximum Gasteiger partial charge on any atom is 0.264 e. The van der Waals surface area contributed by atoms with Crippen LogP contribution in [0.25, 0.3) is 0 Å². The Balaban J connectivity index is 2.43. The minimum absolute atomic E-state index is 0.0309. The molecule has 0 amide bonds. The zero-order valence-corrected chi connectivity index (χ0v) is 11.3. The molecule has 0 bridgehead atoms. The van der Waals surface area contributed by atoms with E-state index in [1.54, 1.807) is 6.07 Å². The third-order valence-electron chi connectivity index (χ3n) is 2.64. The lowest BCUT2D eigenvalue weighted by Crippen LogP contribution is -2.15. The van der Waals surface area contributed by atoms with Crippen LogP contribution in [0.4, 0.5) is 20.2 Å². The van der Waals surface area contributed by atoms with Crippen LogP contribution < -0.4 is 10.5 Å². The first-order valence-electron chi connectivity index (χ1n) is 5.61. The molecule has 0 aliphatic carbocycles. The summed E-state index contributed by atoms with van der Waals surface area (Å²) >= 11 is 0. The average Bonchev–Trinajstić information content (AvgIpc) is 2.43. The second-order valence-corrected chi connectivity index (χ2v) is 5.71.